The summed E-state index contributed by atoms with van der Waals surface area (Å²) in [7, 11) is 0. The molecule has 0 fully saturated rings. The minimum atomic E-state index is -0.275. The van der Waals surface area contributed by atoms with Crippen LogP contribution in [0.25, 0.3) is 6.08 Å². The molecule has 1 amide bonds. The summed E-state index contributed by atoms with van der Waals surface area (Å²) in [5, 5.41) is 0.583. The number of para-hydroxylation sites is 1. The summed E-state index contributed by atoms with van der Waals surface area (Å²) in [5.41, 5.74) is 8.80. The minimum Gasteiger partial charge on any atom is -0.455 e. The molecule has 3 rings (SSSR count). The molecule has 2 atom stereocenters. The fraction of sp³-hybridized carbons (Fsp3) is 0.318. The second-order valence-corrected chi connectivity index (χ2v) is 7.44. The van der Waals surface area contributed by atoms with Crippen molar-refractivity contribution in [3.63, 3.8) is 0 Å². The number of hydrogen-bond donors (Lipinski definition) is 1. The first-order valence-electron chi connectivity index (χ1n) is 8.98. The smallest absolute Gasteiger partial charge is 0.217 e. The van der Waals surface area contributed by atoms with Crippen LogP contribution in [0, 0.1) is 5.92 Å². The van der Waals surface area contributed by atoms with Gasteiger partial charge in [0.1, 0.15) is 5.75 Å². The molecule has 0 spiro atoms. The van der Waals surface area contributed by atoms with Crippen molar-refractivity contribution in [1.82, 2.24) is 0 Å². The van der Waals surface area contributed by atoms with Crippen molar-refractivity contribution < 1.29 is 9.53 Å². The van der Waals surface area contributed by atoms with Crippen LogP contribution in [-0.4, -0.2) is 5.91 Å². The number of carbonyl (C=O) groups excluding carboxylic acids is 1. The molecular formula is C22H24ClNO2. The van der Waals surface area contributed by atoms with Crippen molar-refractivity contribution in [2.75, 3.05) is 0 Å². The molecule has 0 heterocycles. The quantitative estimate of drug-likeness (QED) is 0.710. The first-order chi connectivity index (χ1) is 12.5. The SMILES string of the molecule is CC1CC(CCC(N)=O)=Cc2c(ccc(Cl)c2Oc2ccccc2)[C@H]1C. The molecular weight excluding hydrogens is 346 g/mol. The molecule has 0 saturated heterocycles. The van der Waals surface area contributed by atoms with Gasteiger partial charge in [0.15, 0.2) is 5.75 Å². The average molecular weight is 370 g/mol. The third-order valence-corrected chi connectivity index (χ3v) is 5.41. The van der Waals surface area contributed by atoms with Crippen LogP contribution in [0.5, 0.6) is 11.5 Å². The van der Waals surface area contributed by atoms with Gasteiger partial charge in [0, 0.05) is 12.0 Å². The Bertz CT molecular complexity index is 830. The molecule has 0 radical (unpaired) electrons. The van der Waals surface area contributed by atoms with E-state index in [1.54, 1.807) is 0 Å². The summed E-state index contributed by atoms with van der Waals surface area (Å²) in [6.45, 7) is 4.47. The third kappa shape index (κ3) is 4.10. The Morgan fingerprint density at radius 3 is 2.62 bits per heavy atom. The van der Waals surface area contributed by atoms with E-state index in [2.05, 4.69) is 26.0 Å². The lowest BCUT2D eigenvalue weighted by molar-refractivity contribution is -0.118. The summed E-state index contributed by atoms with van der Waals surface area (Å²) in [5.74, 6) is 1.97. The number of nitrogens with two attached hydrogens (primary N) is 1. The first kappa shape index (κ1) is 18.5. The predicted molar refractivity (Wildman–Crippen MR) is 107 cm³/mol. The molecule has 1 aliphatic carbocycles. The number of benzene rings is 2. The molecule has 0 aliphatic heterocycles. The number of rotatable bonds is 5. The maximum Gasteiger partial charge on any atom is 0.217 e. The zero-order chi connectivity index (χ0) is 18.7. The predicted octanol–water partition coefficient (Wildman–Crippen LogP) is 5.92. The zero-order valence-corrected chi connectivity index (χ0v) is 15.9. The Kier molecular flexibility index (Phi) is 5.67. The fourth-order valence-corrected chi connectivity index (χ4v) is 3.67. The lowest BCUT2D eigenvalue weighted by Crippen LogP contribution is -2.11. The molecule has 2 aromatic rings. The molecule has 136 valence electrons. The Hall–Kier alpha value is -2.26. The van der Waals surface area contributed by atoms with Crippen molar-refractivity contribution in [3.05, 3.63) is 64.2 Å². The second kappa shape index (κ2) is 7.96. The number of hydrogen-bond acceptors (Lipinski definition) is 2. The van der Waals surface area contributed by atoms with Crippen LogP contribution in [0.15, 0.2) is 48.0 Å². The van der Waals surface area contributed by atoms with Gasteiger partial charge < -0.3 is 10.5 Å². The standard InChI is InChI=1S/C22H24ClNO2/c1-14-12-16(8-11-21(24)25)13-19-18(15(14)2)9-10-20(23)22(19)26-17-6-4-3-5-7-17/h3-7,9-10,13-15H,8,11-12H2,1-2H3,(H2,24,25)/t14?,15-/m0/s1. The van der Waals surface area contributed by atoms with Crippen molar-refractivity contribution in [2.24, 2.45) is 11.7 Å². The van der Waals surface area contributed by atoms with Crippen LogP contribution in [-0.2, 0) is 4.79 Å². The maximum atomic E-state index is 11.2. The average Bonchev–Trinajstić information content (AvgIpc) is 2.74. The Morgan fingerprint density at radius 2 is 1.92 bits per heavy atom. The highest BCUT2D eigenvalue weighted by molar-refractivity contribution is 6.32. The number of primary amides is 1. The molecule has 2 aromatic carbocycles. The molecule has 3 nitrogen and oxygen atoms in total. The second-order valence-electron chi connectivity index (χ2n) is 7.03. The number of halogens is 1. The van der Waals surface area contributed by atoms with Gasteiger partial charge in [-0.2, -0.15) is 0 Å². The van der Waals surface area contributed by atoms with E-state index in [1.165, 1.54) is 11.1 Å². The van der Waals surface area contributed by atoms with Crippen LogP contribution < -0.4 is 10.5 Å². The summed E-state index contributed by atoms with van der Waals surface area (Å²) in [6, 6.07) is 13.6. The van der Waals surface area contributed by atoms with Crippen molar-refractivity contribution >= 4 is 23.6 Å². The zero-order valence-electron chi connectivity index (χ0n) is 15.2. The first-order valence-corrected chi connectivity index (χ1v) is 9.36. The van der Waals surface area contributed by atoms with Crippen molar-refractivity contribution in [2.45, 2.75) is 39.0 Å². The maximum absolute atomic E-state index is 11.2. The van der Waals surface area contributed by atoms with E-state index in [4.69, 9.17) is 22.1 Å². The van der Waals surface area contributed by atoms with Crippen LogP contribution in [0.1, 0.15) is 50.2 Å². The summed E-state index contributed by atoms with van der Waals surface area (Å²) in [6.07, 6.45) is 4.11. The lowest BCUT2D eigenvalue weighted by atomic mass is 9.85. The van der Waals surface area contributed by atoms with Crippen LogP contribution in [0.2, 0.25) is 5.02 Å². The van der Waals surface area contributed by atoms with E-state index >= 15 is 0 Å². The number of ether oxygens (including phenoxy) is 1. The Morgan fingerprint density at radius 1 is 1.19 bits per heavy atom. The summed E-state index contributed by atoms with van der Waals surface area (Å²) >= 11 is 6.50. The molecule has 2 N–H and O–H groups in total. The van der Waals surface area contributed by atoms with Gasteiger partial charge in [-0.05, 0) is 48.4 Å². The summed E-state index contributed by atoms with van der Waals surface area (Å²) < 4.78 is 6.15. The van der Waals surface area contributed by atoms with Crippen molar-refractivity contribution in [3.8, 4) is 11.5 Å². The van der Waals surface area contributed by atoms with Gasteiger partial charge in [-0.3, -0.25) is 4.79 Å². The monoisotopic (exact) mass is 369 g/mol. The highest BCUT2D eigenvalue weighted by Crippen LogP contribution is 2.44. The molecule has 4 heteroatoms. The van der Waals surface area contributed by atoms with Gasteiger partial charge in [-0.25, -0.2) is 0 Å². The molecule has 0 aromatic heterocycles. The van der Waals surface area contributed by atoms with Gasteiger partial charge in [-0.15, -0.1) is 0 Å². The molecule has 0 bridgehead atoms. The van der Waals surface area contributed by atoms with E-state index in [0.29, 0.717) is 35.4 Å². The Labute approximate surface area is 159 Å². The number of carbonyl (C=O) groups is 1. The normalized spacial score (nSPS) is 19.3. The molecule has 1 aliphatic rings. The van der Waals surface area contributed by atoms with Gasteiger partial charge >= 0.3 is 0 Å². The molecule has 1 unspecified atom stereocenters. The van der Waals surface area contributed by atoms with Crippen LogP contribution >= 0.6 is 11.6 Å². The van der Waals surface area contributed by atoms with E-state index < -0.39 is 0 Å². The third-order valence-electron chi connectivity index (χ3n) is 5.11. The van der Waals surface area contributed by atoms with E-state index in [9.17, 15) is 4.79 Å². The lowest BCUT2D eigenvalue weighted by Gasteiger charge is -2.21. The molecule has 0 saturated carbocycles. The van der Waals surface area contributed by atoms with Gasteiger partial charge in [-0.1, -0.05) is 61.4 Å². The highest BCUT2D eigenvalue weighted by atomic mass is 35.5. The van der Waals surface area contributed by atoms with Gasteiger partial charge in [0.25, 0.3) is 0 Å². The number of fused-ring (bicyclic) bond motifs is 1. The molecule has 26 heavy (non-hydrogen) atoms. The van der Waals surface area contributed by atoms with E-state index in [1.807, 2.05) is 36.4 Å². The number of allylic oxidation sites excluding steroid dienone is 1. The van der Waals surface area contributed by atoms with Crippen molar-refractivity contribution in [1.29, 1.82) is 0 Å². The summed E-state index contributed by atoms with van der Waals surface area (Å²) in [4.78, 5) is 11.2. The van der Waals surface area contributed by atoms with E-state index in [0.717, 1.165) is 17.7 Å². The number of amides is 1. The largest absolute Gasteiger partial charge is 0.455 e. The highest BCUT2D eigenvalue weighted by Gasteiger charge is 2.25. The Balaban J connectivity index is 2.06. The van der Waals surface area contributed by atoms with E-state index in [-0.39, 0.29) is 5.91 Å². The minimum absolute atomic E-state index is 0.275. The topological polar surface area (TPSA) is 52.3 Å². The van der Waals surface area contributed by atoms with Crippen LogP contribution in [0.3, 0.4) is 0 Å². The van der Waals surface area contributed by atoms with Gasteiger partial charge in [0.05, 0.1) is 5.02 Å². The fourth-order valence-electron chi connectivity index (χ4n) is 3.46. The van der Waals surface area contributed by atoms with Crippen LogP contribution in [0.4, 0.5) is 0 Å². The van der Waals surface area contributed by atoms with Gasteiger partial charge in [0.2, 0.25) is 5.91 Å².